The zero-order chi connectivity index (χ0) is 10.5. The van der Waals surface area contributed by atoms with Gasteiger partial charge in [-0.25, -0.2) is 0 Å². The fourth-order valence-electron chi connectivity index (χ4n) is 4.44. The van der Waals surface area contributed by atoms with Gasteiger partial charge in [-0.2, -0.15) is 0 Å². The summed E-state index contributed by atoms with van der Waals surface area (Å²) < 4.78 is 0. The van der Waals surface area contributed by atoms with Crippen molar-refractivity contribution in [3.05, 3.63) is 0 Å². The van der Waals surface area contributed by atoms with Gasteiger partial charge in [-0.05, 0) is 17.8 Å². The molecule has 0 aromatic carbocycles. The molecule has 0 spiro atoms. The Hall–Kier alpha value is -0.860. The number of carboxylic acid groups (broad SMARTS) is 1. The summed E-state index contributed by atoms with van der Waals surface area (Å²) in [6.07, 6.45) is 0.788. The minimum absolute atomic E-state index is 0.132. The van der Waals surface area contributed by atoms with Crippen molar-refractivity contribution in [3.63, 3.8) is 0 Å². The van der Waals surface area contributed by atoms with E-state index in [1.165, 1.54) is 0 Å². The summed E-state index contributed by atoms with van der Waals surface area (Å²) in [6.45, 7) is 5.85. The molecule has 0 unspecified atom stereocenters. The van der Waals surface area contributed by atoms with Crippen LogP contribution in [0.4, 0.5) is 0 Å². The summed E-state index contributed by atoms with van der Waals surface area (Å²) in [5.74, 6) is -0.588. The fourth-order valence-corrected chi connectivity index (χ4v) is 4.44. The third-order valence-corrected chi connectivity index (χ3v) is 5.59. The van der Waals surface area contributed by atoms with E-state index in [0.717, 1.165) is 6.42 Å². The standard InChI is InChI=1S/C11H14O3/c1-9(2)10(3)4-5-6(7(10)12)11(5,9)8(13)14/h5-6H,4H2,1-3H3,(H,13,14)/t5-,6-,10+,11-/m1/s1. The lowest BCUT2D eigenvalue weighted by molar-refractivity contribution is -0.148. The Labute approximate surface area is 82.5 Å². The highest BCUT2D eigenvalue weighted by molar-refractivity contribution is 6.06. The lowest BCUT2D eigenvalue weighted by Gasteiger charge is -2.35. The maximum absolute atomic E-state index is 12.0. The molecule has 4 aliphatic carbocycles. The molecule has 4 bridgehead atoms. The average Bonchev–Trinajstić information content (AvgIpc) is 2.53. The molecule has 3 heteroatoms. The predicted molar refractivity (Wildman–Crippen MR) is 48.6 cm³/mol. The molecular weight excluding hydrogens is 180 g/mol. The second-order valence-electron chi connectivity index (χ2n) is 5.78. The largest absolute Gasteiger partial charge is 0.481 e. The number of aliphatic carboxylic acids is 1. The Morgan fingerprint density at radius 1 is 1.43 bits per heavy atom. The number of carbonyl (C=O) groups is 2. The van der Waals surface area contributed by atoms with Crippen LogP contribution in [0.5, 0.6) is 0 Å². The summed E-state index contributed by atoms with van der Waals surface area (Å²) in [7, 11) is 0. The third-order valence-electron chi connectivity index (χ3n) is 5.59. The van der Waals surface area contributed by atoms with Crippen molar-refractivity contribution in [1.82, 2.24) is 0 Å². The van der Waals surface area contributed by atoms with Crippen LogP contribution in [0.15, 0.2) is 0 Å². The van der Waals surface area contributed by atoms with Crippen LogP contribution in [-0.2, 0) is 9.59 Å². The van der Waals surface area contributed by atoms with Crippen LogP contribution >= 0.6 is 0 Å². The first-order valence-corrected chi connectivity index (χ1v) is 5.09. The minimum atomic E-state index is -0.757. The summed E-state index contributed by atoms with van der Waals surface area (Å²) in [6, 6.07) is 0. The van der Waals surface area contributed by atoms with Crippen LogP contribution in [0.2, 0.25) is 0 Å². The number of carboxylic acids is 1. The molecule has 1 N–H and O–H groups in total. The molecule has 76 valence electrons. The molecular formula is C11H14O3. The zero-order valence-corrected chi connectivity index (χ0v) is 8.63. The van der Waals surface area contributed by atoms with Gasteiger partial charge in [0, 0.05) is 11.3 Å². The Balaban J connectivity index is 2.26. The molecule has 14 heavy (non-hydrogen) atoms. The Morgan fingerprint density at radius 2 is 2.00 bits per heavy atom. The van der Waals surface area contributed by atoms with E-state index < -0.39 is 11.4 Å². The summed E-state index contributed by atoms with van der Waals surface area (Å²) in [5.41, 5.74) is -1.45. The summed E-state index contributed by atoms with van der Waals surface area (Å²) in [5, 5.41) is 9.33. The quantitative estimate of drug-likeness (QED) is 0.685. The van der Waals surface area contributed by atoms with Crippen LogP contribution in [0.25, 0.3) is 0 Å². The first kappa shape index (κ1) is 8.45. The van der Waals surface area contributed by atoms with Gasteiger partial charge in [-0.1, -0.05) is 20.8 Å². The van der Waals surface area contributed by atoms with Crippen molar-refractivity contribution in [2.45, 2.75) is 27.2 Å². The number of rotatable bonds is 1. The van der Waals surface area contributed by atoms with Gasteiger partial charge >= 0.3 is 5.97 Å². The van der Waals surface area contributed by atoms with E-state index in [0.29, 0.717) is 0 Å². The number of ketones is 1. The van der Waals surface area contributed by atoms with Crippen LogP contribution in [0.1, 0.15) is 27.2 Å². The highest BCUT2D eigenvalue weighted by atomic mass is 16.4. The number of Topliss-reactive ketones (excluding diaryl/α,β-unsaturated/α-hetero) is 1. The van der Waals surface area contributed by atoms with Gasteiger partial charge in [0.25, 0.3) is 0 Å². The molecule has 0 aliphatic heterocycles. The molecule has 4 aliphatic rings. The minimum Gasteiger partial charge on any atom is -0.481 e. The topological polar surface area (TPSA) is 54.4 Å². The van der Waals surface area contributed by atoms with Crippen molar-refractivity contribution >= 4 is 11.8 Å². The van der Waals surface area contributed by atoms with Crippen LogP contribution in [0.3, 0.4) is 0 Å². The number of hydrogen-bond donors (Lipinski definition) is 1. The molecule has 0 amide bonds. The molecule has 0 aromatic rings. The van der Waals surface area contributed by atoms with Crippen molar-refractivity contribution in [2.75, 3.05) is 0 Å². The van der Waals surface area contributed by atoms with Gasteiger partial charge in [0.1, 0.15) is 5.78 Å². The van der Waals surface area contributed by atoms with E-state index in [9.17, 15) is 14.7 Å². The van der Waals surface area contributed by atoms with Crippen molar-refractivity contribution in [3.8, 4) is 0 Å². The van der Waals surface area contributed by atoms with Gasteiger partial charge in [-0.15, -0.1) is 0 Å². The second kappa shape index (κ2) is 1.66. The average molecular weight is 194 g/mol. The molecule has 0 heterocycles. The van der Waals surface area contributed by atoms with E-state index in [4.69, 9.17) is 0 Å². The van der Waals surface area contributed by atoms with Crippen molar-refractivity contribution in [1.29, 1.82) is 0 Å². The highest BCUT2D eigenvalue weighted by Gasteiger charge is 2.94. The lowest BCUT2D eigenvalue weighted by atomic mass is 9.66. The molecule has 3 nitrogen and oxygen atoms in total. The monoisotopic (exact) mass is 194 g/mol. The SMILES string of the molecule is CC1(C)[C@]2(C(=O)O)[C@@H]3C[C@@]1(C)C(=O)[C@@H]32. The van der Waals surface area contributed by atoms with Gasteiger partial charge in [-0.3, -0.25) is 9.59 Å². The van der Waals surface area contributed by atoms with Crippen molar-refractivity contribution < 1.29 is 14.7 Å². The van der Waals surface area contributed by atoms with Crippen LogP contribution in [0, 0.1) is 28.1 Å². The third kappa shape index (κ3) is 0.421. The normalized spacial score (nSPS) is 56.4. The van der Waals surface area contributed by atoms with E-state index in [-0.39, 0.29) is 28.4 Å². The van der Waals surface area contributed by atoms with E-state index in [1.54, 1.807) is 0 Å². The zero-order valence-electron chi connectivity index (χ0n) is 8.63. The maximum Gasteiger partial charge on any atom is 0.311 e. The molecule has 0 radical (unpaired) electrons. The molecule has 4 atom stereocenters. The van der Waals surface area contributed by atoms with Gasteiger partial charge in [0.05, 0.1) is 5.41 Å². The molecule has 4 rings (SSSR count). The first-order chi connectivity index (χ1) is 6.32. The van der Waals surface area contributed by atoms with Gasteiger partial charge < -0.3 is 5.11 Å². The lowest BCUT2D eigenvalue weighted by Crippen LogP contribution is -2.38. The summed E-state index contributed by atoms with van der Waals surface area (Å²) in [4.78, 5) is 23.3. The van der Waals surface area contributed by atoms with Gasteiger partial charge in [0.15, 0.2) is 0 Å². The maximum atomic E-state index is 12.0. The van der Waals surface area contributed by atoms with Crippen molar-refractivity contribution in [2.24, 2.45) is 28.1 Å². The van der Waals surface area contributed by atoms with E-state index in [2.05, 4.69) is 0 Å². The van der Waals surface area contributed by atoms with Crippen LogP contribution < -0.4 is 0 Å². The van der Waals surface area contributed by atoms with Crippen LogP contribution in [-0.4, -0.2) is 16.9 Å². The van der Waals surface area contributed by atoms with Gasteiger partial charge in [0.2, 0.25) is 0 Å². The first-order valence-electron chi connectivity index (χ1n) is 5.09. The second-order valence-corrected chi connectivity index (χ2v) is 5.78. The molecule has 0 saturated heterocycles. The Kier molecular flexibility index (Phi) is 1.00. The smallest absolute Gasteiger partial charge is 0.311 e. The predicted octanol–water partition coefficient (Wildman–Crippen LogP) is 1.32. The molecule has 4 fully saturated rings. The van der Waals surface area contributed by atoms with E-state index in [1.807, 2.05) is 20.8 Å². The number of carbonyl (C=O) groups excluding carboxylic acids is 1. The Morgan fingerprint density at radius 3 is 2.14 bits per heavy atom. The molecule has 0 aromatic heterocycles. The molecule has 4 saturated carbocycles. The Bertz CT molecular complexity index is 384. The number of hydrogen-bond acceptors (Lipinski definition) is 2. The summed E-state index contributed by atoms with van der Waals surface area (Å²) >= 11 is 0. The fraction of sp³-hybridized carbons (Fsp3) is 0.818. The highest BCUT2D eigenvalue weighted by Crippen LogP contribution is 2.88. The van der Waals surface area contributed by atoms with E-state index >= 15 is 0 Å².